The van der Waals surface area contributed by atoms with Crippen LogP contribution in [0.15, 0.2) is 83.8 Å². The van der Waals surface area contributed by atoms with Gasteiger partial charge in [-0.1, -0.05) is 48.0 Å². The van der Waals surface area contributed by atoms with Crippen LogP contribution < -0.4 is 4.31 Å². The summed E-state index contributed by atoms with van der Waals surface area (Å²) in [6.07, 6.45) is 1.47. The molecule has 0 saturated carbocycles. The topological polar surface area (TPSA) is 40.6 Å². The highest BCUT2D eigenvalue weighted by Gasteiger charge is 2.34. The van der Waals surface area contributed by atoms with E-state index in [-0.39, 0.29) is 10.9 Å². The normalized spacial score (nSPS) is 15.7. The average Bonchev–Trinajstić information content (AvgIpc) is 2.77. The van der Waals surface area contributed by atoms with Crippen molar-refractivity contribution >= 4 is 15.7 Å². The van der Waals surface area contributed by atoms with Crippen molar-refractivity contribution in [3.05, 3.63) is 95.8 Å². The fourth-order valence-corrected chi connectivity index (χ4v) is 5.82. The van der Waals surface area contributed by atoms with E-state index in [9.17, 15) is 12.8 Å². The molecular formula is C25H27FN2O2S. The van der Waals surface area contributed by atoms with Crippen molar-refractivity contribution in [3.8, 4) is 0 Å². The molecule has 3 aromatic carbocycles. The predicted octanol–water partition coefficient (Wildman–Crippen LogP) is 4.99. The number of hydrogen-bond donors (Lipinski definition) is 0. The third-order valence-electron chi connectivity index (χ3n) is 5.80. The van der Waals surface area contributed by atoms with E-state index in [1.807, 2.05) is 49.4 Å². The Labute approximate surface area is 184 Å². The van der Waals surface area contributed by atoms with Gasteiger partial charge in [-0.2, -0.15) is 0 Å². The second-order valence-electron chi connectivity index (χ2n) is 8.08. The summed E-state index contributed by atoms with van der Waals surface area (Å²) in [4.78, 5) is 2.48. The molecule has 0 atom stereocenters. The number of piperidine rings is 1. The number of hydrogen-bond acceptors (Lipinski definition) is 3. The minimum absolute atomic E-state index is 0.112. The van der Waals surface area contributed by atoms with Gasteiger partial charge in [0, 0.05) is 25.7 Å². The second-order valence-corrected chi connectivity index (χ2v) is 9.90. The molecule has 0 aromatic heterocycles. The molecule has 3 aromatic rings. The van der Waals surface area contributed by atoms with Crippen molar-refractivity contribution in [3.63, 3.8) is 0 Å². The molecule has 1 aliphatic rings. The van der Waals surface area contributed by atoms with Gasteiger partial charge < -0.3 is 0 Å². The van der Waals surface area contributed by atoms with Gasteiger partial charge in [-0.25, -0.2) is 12.8 Å². The zero-order valence-corrected chi connectivity index (χ0v) is 18.4. The van der Waals surface area contributed by atoms with Gasteiger partial charge >= 0.3 is 0 Å². The average molecular weight is 439 g/mol. The largest absolute Gasteiger partial charge is 0.299 e. The molecule has 0 spiro atoms. The molecule has 0 unspecified atom stereocenters. The lowest BCUT2D eigenvalue weighted by atomic mass is 10.0. The Balaban J connectivity index is 1.58. The summed E-state index contributed by atoms with van der Waals surface area (Å²) < 4.78 is 42.1. The van der Waals surface area contributed by atoms with Crippen molar-refractivity contribution in [1.82, 2.24) is 4.90 Å². The second kappa shape index (κ2) is 9.20. The van der Waals surface area contributed by atoms with Gasteiger partial charge in [0.25, 0.3) is 10.0 Å². The Kier molecular flexibility index (Phi) is 6.39. The molecule has 0 amide bonds. The number of sulfonamides is 1. The Bertz CT molecular complexity index is 1090. The summed E-state index contributed by atoms with van der Waals surface area (Å²) in [5, 5.41) is 0. The Hall–Kier alpha value is -2.70. The van der Waals surface area contributed by atoms with Crippen molar-refractivity contribution < 1.29 is 12.8 Å². The van der Waals surface area contributed by atoms with Crippen LogP contribution in [-0.4, -0.2) is 32.4 Å². The molecule has 0 bridgehead atoms. The number of likely N-dealkylation sites (tertiary alicyclic amines) is 1. The highest BCUT2D eigenvalue weighted by molar-refractivity contribution is 7.92. The molecule has 0 N–H and O–H groups in total. The highest BCUT2D eigenvalue weighted by atomic mass is 32.2. The van der Waals surface area contributed by atoms with Crippen LogP contribution in [0.3, 0.4) is 0 Å². The van der Waals surface area contributed by atoms with Crippen LogP contribution in [0.1, 0.15) is 24.0 Å². The molecule has 1 fully saturated rings. The molecule has 6 heteroatoms. The minimum Gasteiger partial charge on any atom is -0.299 e. The Morgan fingerprint density at radius 2 is 1.52 bits per heavy atom. The summed E-state index contributed by atoms with van der Waals surface area (Å²) in [7, 11) is -3.81. The smallest absolute Gasteiger partial charge is 0.264 e. The maximum absolute atomic E-state index is 13.6. The van der Waals surface area contributed by atoms with Gasteiger partial charge in [0.2, 0.25) is 0 Å². The quantitative estimate of drug-likeness (QED) is 0.544. The lowest BCUT2D eigenvalue weighted by molar-refractivity contribution is 0.206. The first-order valence-corrected chi connectivity index (χ1v) is 12.0. The summed E-state index contributed by atoms with van der Waals surface area (Å²) in [6, 6.07) is 22.8. The summed E-state index contributed by atoms with van der Waals surface area (Å²) in [5.74, 6) is -0.449. The predicted molar refractivity (Wildman–Crippen MR) is 122 cm³/mol. The van der Waals surface area contributed by atoms with E-state index < -0.39 is 15.8 Å². The third-order valence-corrected chi connectivity index (χ3v) is 7.69. The number of halogens is 1. The number of nitrogens with zero attached hydrogens (tertiary/aromatic N) is 2. The van der Waals surface area contributed by atoms with Gasteiger partial charge in [0.15, 0.2) is 0 Å². The molecule has 0 aliphatic carbocycles. The van der Waals surface area contributed by atoms with Crippen LogP contribution in [0.5, 0.6) is 0 Å². The van der Waals surface area contributed by atoms with E-state index in [0.29, 0.717) is 5.69 Å². The summed E-state index contributed by atoms with van der Waals surface area (Å²) in [5.41, 5.74) is 2.98. The van der Waals surface area contributed by atoms with Crippen molar-refractivity contribution in [1.29, 1.82) is 0 Å². The molecule has 1 aliphatic heterocycles. The maximum atomic E-state index is 13.6. The van der Waals surface area contributed by atoms with Gasteiger partial charge in [-0.3, -0.25) is 9.21 Å². The first kappa shape index (κ1) is 21.5. The van der Waals surface area contributed by atoms with Crippen LogP contribution in [0.4, 0.5) is 10.1 Å². The number of benzene rings is 3. The monoisotopic (exact) mass is 438 g/mol. The lowest BCUT2D eigenvalue weighted by Crippen LogP contribution is -2.47. The van der Waals surface area contributed by atoms with E-state index in [1.54, 1.807) is 4.31 Å². The molecule has 1 heterocycles. The SMILES string of the molecule is Cc1ccc(N(C2CCN(Cc3ccccc3)CC2)S(=O)(=O)c2ccc(F)cc2)cc1. The molecule has 4 nitrogen and oxygen atoms in total. The number of rotatable bonds is 6. The van der Waals surface area contributed by atoms with Crippen LogP contribution in [0.25, 0.3) is 0 Å². The molecular weight excluding hydrogens is 411 g/mol. The first-order valence-electron chi connectivity index (χ1n) is 10.6. The lowest BCUT2D eigenvalue weighted by Gasteiger charge is -2.39. The first-order chi connectivity index (χ1) is 14.9. The summed E-state index contributed by atoms with van der Waals surface area (Å²) >= 11 is 0. The van der Waals surface area contributed by atoms with Crippen molar-refractivity contribution in [2.75, 3.05) is 17.4 Å². The summed E-state index contributed by atoms with van der Waals surface area (Å²) in [6.45, 7) is 4.48. The Morgan fingerprint density at radius 3 is 2.13 bits per heavy atom. The standard InChI is InChI=1S/C25H27FN2O2S/c1-20-7-11-23(12-8-20)28(31(29,30)25-13-9-22(26)10-14-25)24-15-17-27(18-16-24)19-21-5-3-2-4-6-21/h2-14,24H,15-19H2,1H3. The van der Waals surface area contributed by atoms with Crippen LogP contribution >= 0.6 is 0 Å². The van der Waals surface area contributed by atoms with Crippen molar-refractivity contribution in [2.24, 2.45) is 0 Å². The van der Waals surface area contributed by atoms with Crippen molar-refractivity contribution in [2.45, 2.75) is 37.2 Å². The molecule has 162 valence electrons. The van der Waals surface area contributed by atoms with Gasteiger partial charge in [-0.15, -0.1) is 0 Å². The van der Waals surface area contributed by atoms with Crippen LogP contribution in [0, 0.1) is 12.7 Å². The molecule has 1 saturated heterocycles. The van der Waals surface area contributed by atoms with E-state index >= 15 is 0 Å². The highest BCUT2D eigenvalue weighted by Crippen LogP contribution is 2.31. The maximum Gasteiger partial charge on any atom is 0.264 e. The van der Waals surface area contributed by atoms with Gasteiger partial charge in [0.05, 0.1) is 10.6 Å². The van der Waals surface area contributed by atoms with E-state index in [0.717, 1.165) is 38.0 Å². The van der Waals surface area contributed by atoms with Gasteiger partial charge in [0.1, 0.15) is 5.82 Å². The molecule has 0 radical (unpaired) electrons. The van der Waals surface area contributed by atoms with E-state index in [1.165, 1.54) is 29.8 Å². The fourth-order valence-electron chi connectivity index (χ4n) is 4.11. The van der Waals surface area contributed by atoms with Crippen LogP contribution in [-0.2, 0) is 16.6 Å². The molecule has 4 rings (SSSR count). The van der Waals surface area contributed by atoms with E-state index in [2.05, 4.69) is 17.0 Å². The number of anilines is 1. The third kappa shape index (κ3) is 4.97. The minimum atomic E-state index is -3.81. The van der Waals surface area contributed by atoms with Gasteiger partial charge in [-0.05, 0) is 61.7 Å². The fraction of sp³-hybridized carbons (Fsp3) is 0.280. The zero-order chi connectivity index (χ0) is 21.8. The van der Waals surface area contributed by atoms with Crippen LogP contribution in [0.2, 0.25) is 0 Å². The van der Waals surface area contributed by atoms with E-state index in [4.69, 9.17) is 0 Å². The number of aryl methyl sites for hydroxylation is 1. The Morgan fingerprint density at radius 1 is 0.903 bits per heavy atom. The molecule has 31 heavy (non-hydrogen) atoms. The zero-order valence-electron chi connectivity index (χ0n) is 17.6.